The lowest BCUT2D eigenvalue weighted by atomic mass is 10.3. The van der Waals surface area contributed by atoms with Crippen LogP contribution in [0.2, 0.25) is 10.0 Å². The van der Waals surface area contributed by atoms with Crippen molar-refractivity contribution in [3.63, 3.8) is 0 Å². The molecule has 1 heterocycles. The van der Waals surface area contributed by atoms with Crippen molar-refractivity contribution in [2.45, 2.75) is 20.3 Å². The van der Waals surface area contributed by atoms with Gasteiger partial charge in [0.1, 0.15) is 11.6 Å². The number of benzene rings is 1. The maximum absolute atomic E-state index is 11.9. The number of imidazole rings is 1. The predicted octanol–water partition coefficient (Wildman–Crippen LogP) is 3.50. The minimum absolute atomic E-state index is 0.102. The summed E-state index contributed by atoms with van der Waals surface area (Å²) in [6.45, 7) is 3.90. The van der Waals surface area contributed by atoms with Crippen molar-refractivity contribution >= 4 is 35.0 Å². The van der Waals surface area contributed by atoms with E-state index in [2.05, 4.69) is 4.98 Å². The second-order valence-corrected chi connectivity index (χ2v) is 5.17. The van der Waals surface area contributed by atoms with Gasteiger partial charge in [0.05, 0.1) is 12.3 Å². The van der Waals surface area contributed by atoms with Crippen LogP contribution in [0.3, 0.4) is 0 Å². The molecule has 2 aromatic rings. The van der Waals surface area contributed by atoms with Gasteiger partial charge in [0.15, 0.2) is 5.69 Å². The number of aryl methyl sites for hydroxylation is 1. The molecular formula is C14H15Cl2N3O2. The van der Waals surface area contributed by atoms with Crippen molar-refractivity contribution in [2.75, 3.05) is 12.3 Å². The molecule has 21 heavy (non-hydrogen) atoms. The highest BCUT2D eigenvalue weighted by atomic mass is 35.5. The molecule has 0 fully saturated rings. The summed E-state index contributed by atoms with van der Waals surface area (Å²) in [5.41, 5.74) is 6.82. The Balaban J connectivity index is 2.60. The summed E-state index contributed by atoms with van der Waals surface area (Å²) in [4.78, 5) is 16.1. The lowest BCUT2D eigenvalue weighted by molar-refractivity contribution is 0.0521. The Bertz CT molecular complexity index is 663. The van der Waals surface area contributed by atoms with Crippen LogP contribution in [-0.2, 0) is 11.2 Å². The number of aromatic nitrogens is 2. The van der Waals surface area contributed by atoms with E-state index in [1.165, 1.54) is 0 Å². The summed E-state index contributed by atoms with van der Waals surface area (Å²) in [6, 6.07) is 5.04. The van der Waals surface area contributed by atoms with E-state index in [1.807, 2.05) is 6.92 Å². The van der Waals surface area contributed by atoms with Crippen LogP contribution in [0, 0.1) is 0 Å². The number of rotatable bonds is 4. The zero-order valence-corrected chi connectivity index (χ0v) is 13.2. The fourth-order valence-corrected chi connectivity index (χ4v) is 2.54. The molecule has 5 nitrogen and oxygen atoms in total. The third-order valence-corrected chi connectivity index (χ3v) is 3.31. The van der Waals surface area contributed by atoms with Gasteiger partial charge in [-0.2, -0.15) is 0 Å². The van der Waals surface area contributed by atoms with Crippen LogP contribution in [-0.4, -0.2) is 22.1 Å². The van der Waals surface area contributed by atoms with Gasteiger partial charge in [0.2, 0.25) is 0 Å². The van der Waals surface area contributed by atoms with Crippen molar-refractivity contribution in [1.82, 2.24) is 9.55 Å². The molecule has 1 aromatic heterocycles. The molecule has 0 atom stereocenters. The topological polar surface area (TPSA) is 70.1 Å². The molecule has 7 heteroatoms. The lowest BCUT2D eigenvalue weighted by Crippen LogP contribution is -2.09. The number of hydrogen-bond acceptors (Lipinski definition) is 4. The highest BCUT2D eigenvalue weighted by molar-refractivity contribution is 6.34. The minimum Gasteiger partial charge on any atom is -0.461 e. The Morgan fingerprint density at radius 1 is 1.29 bits per heavy atom. The van der Waals surface area contributed by atoms with Gasteiger partial charge >= 0.3 is 5.97 Å². The largest absolute Gasteiger partial charge is 0.461 e. The molecule has 0 spiro atoms. The Kier molecular flexibility index (Phi) is 4.75. The van der Waals surface area contributed by atoms with E-state index in [9.17, 15) is 4.79 Å². The van der Waals surface area contributed by atoms with Crippen LogP contribution < -0.4 is 5.73 Å². The first-order chi connectivity index (χ1) is 9.97. The number of carbonyl (C=O) groups excluding carboxylic acids is 1. The molecule has 0 aliphatic rings. The molecule has 2 rings (SSSR count). The highest BCUT2D eigenvalue weighted by Crippen LogP contribution is 2.27. The molecule has 0 unspecified atom stereocenters. The van der Waals surface area contributed by atoms with Gasteiger partial charge in [-0.15, -0.1) is 0 Å². The summed E-state index contributed by atoms with van der Waals surface area (Å²) in [5, 5.41) is 0.954. The van der Waals surface area contributed by atoms with E-state index in [-0.39, 0.29) is 18.1 Å². The Labute approximate surface area is 132 Å². The second-order valence-electron chi connectivity index (χ2n) is 4.30. The molecule has 0 bridgehead atoms. The fraction of sp³-hybridized carbons (Fsp3) is 0.286. The molecule has 0 amide bonds. The van der Waals surface area contributed by atoms with Gasteiger partial charge in [-0.05, 0) is 25.1 Å². The number of halogens is 2. The molecule has 2 N–H and O–H groups in total. The minimum atomic E-state index is -0.545. The SMILES string of the molecule is CCOC(=O)c1nc(CC)n(-c2cc(Cl)cc(Cl)c2)c1N. The van der Waals surface area contributed by atoms with Crippen molar-refractivity contribution < 1.29 is 9.53 Å². The number of ether oxygens (including phenoxy) is 1. The van der Waals surface area contributed by atoms with Gasteiger partial charge in [0, 0.05) is 16.5 Å². The molecule has 0 saturated heterocycles. The van der Waals surface area contributed by atoms with Gasteiger partial charge < -0.3 is 10.5 Å². The van der Waals surface area contributed by atoms with Crippen LogP contribution in [0.5, 0.6) is 0 Å². The molecule has 112 valence electrons. The van der Waals surface area contributed by atoms with Crippen LogP contribution in [0.1, 0.15) is 30.2 Å². The molecule has 0 radical (unpaired) electrons. The number of esters is 1. The van der Waals surface area contributed by atoms with Crippen LogP contribution in [0.4, 0.5) is 5.82 Å². The Morgan fingerprint density at radius 2 is 1.90 bits per heavy atom. The van der Waals surface area contributed by atoms with E-state index in [0.29, 0.717) is 28.0 Å². The van der Waals surface area contributed by atoms with Crippen molar-refractivity contribution in [3.8, 4) is 5.69 Å². The molecular weight excluding hydrogens is 313 g/mol. The first-order valence-corrected chi connectivity index (χ1v) is 7.24. The third-order valence-electron chi connectivity index (χ3n) is 2.87. The van der Waals surface area contributed by atoms with E-state index >= 15 is 0 Å². The zero-order chi connectivity index (χ0) is 15.6. The van der Waals surface area contributed by atoms with Gasteiger partial charge in [0.25, 0.3) is 0 Å². The maximum atomic E-state index is 11.9. The summed E-state index contributed by atoms with van der Waals surface area (Å²) in [6.07, 6.45) is 0.591. The number of nitrogen functional groups attached to an aromatic ring is 1. The van der Waals surface area contributed by atoms with Crippen LogP contribution >= 0.6 is 23.2 Å². The number of anilines is 1. The summed E-state index contributed by atoms with van der Waals surface area (Å²) in [5.74, 6) is 0.300. The van der Waals surface area contributed by atoms with E-state index in [1.54, 1.807) is 29.7 Å². The molecule has 0 aliphatic carbocycles. The van der Waals surface area contributed by atoms with E-state index < -0.39 is 5.97 Å². The van der Waals surface area contributed by atoms with Crippen molar-refractivity contribution in [3.05, 3.63) is 39.8 Å². The number of nitrogens with two attached hydrogens (primary N) is 1. The average Bonchev–Trinajstić information content (AvgIpc) is 2.75. The third kappa shape index (κ3) is 3.14. The summed E-state index contributed by atoms with van der Waals surface area (Å²) >= 11 is 12.0. The van der Waals surface area contributed by atoms with Gasteiger partial charge in [-0.3, -0.25) is 4.57 Å². The standard InChI is InChI=1S/C14H15Cl2N3O2/c1-3-11-18-12(14(20)21-4-2)13(17)19(11)10-6-8(15)5-9(16)7-10/h5-7H,3-4,17H2,1-2H3. The van der Waals surface area contributed by atoms with Crippen molar-refractivity contribution in [1.29, 1.82) is 0 Å². The zero-order valence-electron chi connectivity index (χ0n) is 11.7. The monoisotopic (exact) mass is 327 g/mol. The quantitative estimate of drug-likeness (QED) is 0.872. The first-order valence-electron chi connectivity index (χ1n) is 6.48. The number of hydrogen-bond donors (Lipinski definition) is 1. The maximum Gasteiger partial charge on any atom is 0.360 e. The molecule has 1 aromatic carbocycles. The lowest BCUT2D eigenvalue weighted by Gasteiger charge is -2.10. The first kappa shape index (κ1) is 15.7. The van der Waals surface area contributed by atoms with Gasteiger partial charge in [-0.1, -0.05) is 30.1 Å². The molecule has 0 saturated carbocycles. The Morgan fingerprint density at radius 3 is 2.43 bits per heavy atom. The molecule has 0 aliphatic heterocycles. The smallest absolute Gasteiger partial charge is 0.360 e. The second kappa shape index (κ2) is 6.37. The average molecular weight is 328 g/mol. The summed E-state index contributed by atoms with van der Waals surface area (Å²) in [7, 11) is 0. The Hall–Kier alpha value is -1.72. The highest BCUT2D eigenvalue weighted by Gasteiger charge is 2.22. The van der Waals surface area contributed by atoms with Gasteiger partial charge in [-0.25, -0.2) is 9.78 Å². The van der Waals surface area contributed by atoms with E-state index in [0.717, 1.165) is 0 Å². The van der Waals surface area contributed by atoms with Crippen LogP contribution in [0.15, 0.2) is 18.2 Å². The normalized spacial score (nSPS) is 10.7. The number of carbonyl (C=O) groups is 1. The number of nitrogens with zero attached hydrogens (tertiary/aromatic N) is 2. The summed E-state index contributed by atoms with van der Waals surface area (Å²) < 4.78 is 6.61. The fourth-order valence-electron chi connectivity index (χ4n) is 2.02. The van der Waals surface area contributed by atoms with Crippen molar-refractivity contribution in [2.24, 2.45) is 0 Å². The van der Waals surface area contributed by atoms with E-state index in [4.69, 9.17) is 33.7 Å². The van der Waals surface area contributed by atoms with Crippen LogP contribution in [0.25, 0.3) is 5.69 Å². The predicted molar refractivity (Wildman–Crippen MR) is 83.3 cm³/mol.